The number of hydrogen-bond donors (Lipinski definition) is 4. The Bertz CT molecular complexity index is 1050. The molecule has 2 amide bonds. The molecule has 33 heavy (non-hydrogen) atoms. The number of nitrogens with zero attached hydrogens (tertiary/aromatic N) is 1. The Morgan fingerprint density at radius 2 is 1.73 bits per heavy atom. The summed E-state index contributed by atoms with van der Waals surface area (Å²) >= 11 is 0. The lowest BCUT2D eigenvalue weighted by atomic mass is 9.84. The number of benzene rings is 1. The normalized spacial score (nSPS) is 20.8. The largest absolute Gasteiger partial charge is 0.416 e. The standard InChI is InChI=1S/C20H26F3N5O4S/c21-20(22,23)15-11-13(16(29)27-18(24)25)1-2-14(15)12-3-7-28(8-4-12)17(30)19(26)5-9-33(31,32)10-6-19/h1-2,11-12H,3-10,26H2,(H4,24,25,27,29). The van der Waals surface area contributed by atoms with E-state index in [1.165, 1.54) is 17.0 Å². The Morgan fingerprint density at radius 1 is 1.15 bits per heavy atom. The van der Waals surface area contributed by atoms with Gasteiger partial charge < -0.3 is 16.4 Å². The topological polar surface area (TPSA) is 159 Å². The molecular weight excluding hydrogens is 463 g/mol. The van der Waals surface area contributed by atoms with Crippen molar-refractivity contribution in [1.29, 1.82) is 5.41 Å². The number of amides is 2. The summed E-state index contributed by atoms with van der Waals surface area (Å²) in [4.78, 5) is 26.4. The van der Waals surface area contributed by atoms with Crippen molar-refractivity contribution in [3.63, 3.8) is 0 Å². The fourth-order valence-corrected chi connectivity index (χ4v) is 5.87. The number of carbonyl (C=O) groups is 2. The highest BCUT2D eigenvalue weighted by Crippen LogP contribution is 2.39. The molecule has 2 heterocycles. The molecule has 1 aromatic rings. The number of guanidine groups is 1. The molecule has 1 aromatic carbocycles. The smallest absolute Gasteiger partial charge is 0.370 e. The molecular formula is C20H26F3N5O4S. The van der Waals surface area contributed by atoms with E-state index in [1.54, 1.807) is 0 Å². The van der Waals surface area contributed by atoms with Crippen LogP contribution >= 0.6 is 0 Å². The second-order valence-electron chi connectivity index (χ2n) is 8.54. The molecule has 2 aliphatic heterocycles. The molecule has 0 spiro atoms. The molecule has 2 aliphatic rings. The van der Waals surface area contributed by atoms with Gasteiger partial charge >= 0.3 is 6.18 Å². The van der Waals surface area contributed by atoms with Gasteiger partial charge in [0.1, 0.15) is 9.84 Å². The van der Waals surface area contributed by atoms with Gasteiger partial charge in [0, 0.05) is 18.7 Å². The zero-order valence-corrected chi connectivity index (χ0v) is 18.6. The minimum Gasteiger partial charge on any atom is -0.370 e. The number of nitrogens with two attached hydrogens (primary N) is 2. The third-order valence-corrected chi connectivity index (χ3v) is 7.89. The summed E-state index contributed by atoms with van der Waals surface area (Å²) in [5.41, 5.74) is 8.80. The summed E-state index contributed by atoms with van der Waals surface area (Å²) < 4.78 is 64.5. The van der Waals surface area contributed by atoms with Gasteiger partial charge in [-0.05, 0) is 49.3 Å². The maximum atomic E-state index is 13.7. The second-order valence-corrected chi connectivity index (χ2v) is 10.8. The minimum atomic E-state index is -4.70. The zero-order chi connectivity index (χ0) is 24.6. The Morgan fingerprint density at radius 3 is 2.24 bits per heavy atom. The third kappa shape index (κ3) is 5.64. The third-order valence-electron chi connectivity index (χ3n) is 6.24. The number of rotatable bonds is 3. The molecule has 2 fully saturated rings. The van der Waals surface area contributed by atoms with Crippen LogP contribution in [-0.4, -0.2) is 61.2 Å². The molecule has 0 atom stereocenters. The fourth-order valence-electron chi connectivity index (χ4n) is 4.32. The predicted octanol–water partition coefficient (Wildman–Crippen LogP) is 0.941. The quantitative estimate of drug-likeness (QED) is 0.365. The van der Waals surface area contributed by atoms with E-state index in [1.807, 2.05) is 5.32 Å². The van der Waals surface area contributed by atoms with Gasteiger partial charge in [-0.15, -0.1) is 0 Å². The molecule has 0 aromatic heterocycles. The van der Waals surface area contributed by atoms with Crippen LogP contribution in [0.4, 0.5) is 13.2 Å². The van der Waals surface area contributed by atoms with Gasteiger partial charge in [0.05, 0.1) is 22.6 Å². The van der Waals surface area contributed by atoms with Crippen LogP contribution in [0.2, 0.25) is 0 Å². The van der Waals surface area contributed by atoms with Crippen molar-refractivity contribution in [1.82, 2.24) is 10.2 Å². The van der Waals surface area contributed by atoms with Gasteiger partial charge in [-0.2, -0.15) is 13.2 Å². The van der Waals surface area contributed by atoms with E-state index in [0.717, 1.165) is 6.07 Å². The van der Waals surface area contributed by atoms with Crippen LogP contribution in [0.3, 0.4) is 0 Å². The Kier molecular flexibility index (Phi) is 6.76. The van der Waals surface area contributed by atoms with E-state index >= 15 is 0 Å². The monoisotopic (exact) mass is 489 g/mol. The molecule has 182 valence electrons. The molecule has 13 heteroatoms. The molecule has 6 N–H and O–H groups in total. The van der Waals surface area contributed by atoms with Crippen LogP contribution in [0.5, 0.6) is 0 Å². The van der Waals surface area contributed by atoms with Crippen molar-refractivity contribution >= 4 is 27.6 Å². The highest BCUT2D eigenvalue weighted by Gasteiger charge is 2.43. The zero-order valence-electron chi connectivity index (χ0n) is 17.7. The molecule has 0 bridgehead atoms. The van der Waals surface area contributed by atoms with Gasteiger partial charge in [0.2, 0.25) is 5.91 Å². The van der Waals surface area contributed by atoms with E-state index in [-0.39, 0.29) is 67.3 Å². The Labute approximate surface area is 189 Å². The predicted molar refractivity (Wildman–Crippen MR) is 114 cm³/mol. The summed E-state index contributed by atoms with van der Waals surface area (Å²) in [6, 6.07) is 3.23. The average Bonchev–Trinajstić information content (AvgIpc) is 2.74. The van der Waals surface area contributed by atoms with Gasteiger partial charge in [-0.3, -0.25) is 20.3 Å². The van der Waals surface area contributed by atoms with Gasteiger partial charge in [-0.1, -0.05) is 6.07 Å². The van der Waals surface area contributed by atoms with Crippen LogP contribution in [0.25, 0.3) is 0 Å². The number of piperidine rings is 1. The maximum Gasteiger partial charge on any atom is 0.416 e. The summed E-state index contributed by atoms with van der Waals surface area (Å²) in [5.74, 6) is -2.78. The SMILES string of the molecule is N=C(N)NC(=O)c1ccc(C2CCN(C(=O)C3(N)CCS(=O)(=O)CC3)CC2)c(C(F)(F)F)c1. The van der Waals surface area contributed by atoms with Gasteiger partial charge in [0.15, 0.2) is 5.96 Å². The highest BCUT2D eigenvalue weighted by molar-refractivity contribution is 7.91. The van der Waals surface area contributed by atoms with Gasteiger partial charge in [0.25, 0.3) is 5.91 Å². The number of halogens is 3. The van der Waals surface area contributed by atoms with Crippen LogP contribution < -0.4 is 16.8 Å². The lowest BCUT2D eigenvalue weighted by molar-refractivity contribution is -0.140. The lowest BCUT2D eigenvalue weighted by Gasteiger charge is -2.40. The number of hydrogen-bond acceptors (Lipinski definition) is 6. The first-order valence-corrected chi connectivity index (χ1v) is 12.2. The first-order valence-electron chi connectivity index (χ1n) is 10.4. The number of sulfone groups is 1. The summed E-state index contributed by atoms with van der Waals surface area (Å²) in [6.07, 6.45) is -4.12. The summed E-state index contributed by atoms with van der Waals surface area (Å²) in [7, 11) is -3.20. The van der Waals surface area contributed by atoms with Crippen LogP contribution in [0.15, 0.2) is 18.2 Å². The Hall–Kier alpha value is -2.67. The maximum absolute atomic E-state index is 13.7. The minimum absolute atomic E-state index is 0.0239. The van der Waals surface area contributed by atoms with Crippen LogP contribution in [-0.2, 0) is 20.8 Å². The lowest BCUT2D eigenvalue weighted by Crippen LogP contribution is -2.59. The molecule has 0 radical (unpaired) electrons. The van der Waals surface area contributed by atoms with Gasteiger partial charge in [-0.25, -0.2) is 8.42 Å². The van der Waals surface area contributed by atoms with Crippen molar-refractivity contribution < 1.29 is 31.2 Å². The van der Waals surface area contributed by atoms with E-state index in [0.29, 0.717) is 0 Å². The van der Waals surface area contributed by atoms with Crippen LogP contribution in [0, 0.1) is 5.41 Å². The summed E-state index contributed by atoms with van der Waals surface area (Å²) in [6.45, 7) is 0.387. The van der Waals surface area contributed by atoms with Crippen LogP contribution in [0.1, 0.15) is 53.1 Å². The van der Waals surface area contributed by atoms with Crippen molar-refractivity contribution in [2.24, 2.45) is 11.5 Å². The second kappa shape index (κ2) is 8.93. The van der Waals surface area contributed by atoms with Crippen molar-refractivity contribution in [2.75, 3.05) is 24.6 Å². The van der Waals surface area contributed by atoms with Crippen molar-refractivity contribution in [2.45, 2.75) is 43.3 Å². The van der Waals surface area contributed by atoms with E-state index < -0.39 is 44.9 Å². The first-order chi connectivity index (χ1) is 15.2. The highest BCUT2D eigenvalue weighted by atomic mass is 32.2. The van der Waals surface area contributed by atoms with Crippen molar-refractivity contribution in [3.8, 4) is 0 Å². The number of likely N-dealkylation sites (tertiary alicyclic amines) is 1. The Balaban J connectivity index is 1.74. The molecule has 0 unspecified atom stereocenters. The first kappa shape index (κ1) is 25.0. The molecule has 3 rings (SSSR count). The number of carbonyl (C=O) groups excluding carboxylic acids is 2. The van der Waals surface area contributed by atoms with E-state index in [4.69, 9.17) is 16.9 Å². The fraction of sp³-hybridized carbons (Fsp3) is 0.550. The molecule has 0 saturated carbocycles. The molecule has 0 aliphatic carbocycles. The van der Waals surface area contributed by atoms with E-state index in [9.17, 15) is 31.2 Å². The van der Waals surface area contributed by atoms with E-state index in [2.05, 4.69) is 0 Å². The number of alkyl halides is 3. The average molecular weight is 490 g/mol. The van der Waals surface area contributed by atoms with Crippen molar-refractivity contribution in [3.05, 3.63) is 34.9 Å². The number of nitrogens with one attached hydrogen (secondary N) is 2. The molecule has 9 nitrogen and oxygen atoms in total. The molecule has 2 saturated heterocycles. The summed E-state index contributed by atoms with van der Waals surface area (Å²) in [5, 5.41) is 9.02.